The smallest absolute Gasteiger partial charge is 0.0781 e. The maximum absolute atomic E-state index is 9.69. The normalized spacial score (nSPS) is 12.8. The molecule has 0 heterocycles. The molecule has 0 saturated heterocycles. The van der Waals surface area contributed by atoms with Gasteiger partial charge in [0, 0.05) is 24.2 Å². The van der Waals surface area contributed by atoms with Crippen LogP contribution in [-0.4, -0.2) is 11.7 Å². The highest BCUT2D eigenvalue weighted by Crippen LogP contribution is 2.26. The molecule has 1 aromatic carbocycles. The number of aliphatic hydroxyl groups is 1. The number of para-hydroxylation sites is 1. The van der Waals surface area contributed by atoms with E-state index in [0.717, 1.165) is 24.2 Å². The lowest BCUT2D eigenvalue weighted by Gasteiger charge is -2.25. The molecule has 18 heavy (non-hydrogen) atoms. The van der Waals surface area contributed by atoms with Crippen LogP contribution in [0.15, 0.2) is 24.3 Å². The first-order chi connectivity index (χ1) is 8.46. The number of aliphatic hydroxyl groups excluding tert-OH is 1. The Morgan fingerprint density at radius 3 is 2.67 bits per heavy atom. The third-order valence-electron chi connectivity index (χ3n) is 3.08. The van der Waals surface area contributed by atoms with Crippen molar-refractivity contribution in [3.05, 3.63) is 29.8 Å². The fraction of sp³-hybridized carbons (Fsp3) is 0.533. The standard InChI is InChI=1S/C15H22N2O/c1-12(18)13-7-4-5-8-14(13)17-11-15(2,3)9-6-10-16/h4-5,7-8,12,17-18H,6,9,11H2,1-3H3. The molecule has 0 aromatic heterocycles. The van der Waals surface area contributed by atoms with Crippen LogP contribution in [0.25, 0.3) is 0 Å². The van der Waals surface area contributed by atoms with E-state index in [0.29, 0.717) is 6.42 Å². The lowest BCUT2D eigenvalue weighted by Crippen LogP contribution is -2.23. The number of anilines is 1. The number of benzene rings is 1. The van der Waals surface area contributed by atoms with Gasteiger partial charge in [-0.15, -0.1) is 0 Å². The average molecular weight is 246 g/mol. The second kappa shape index (κ2) is 6.42. The van der Waals surface area contributed by atoms with Crippen LogP contribution in [0.3, 0.4) is 0 Å². The third-order valence-corrected chi connectivity index (χ3v) is 3.08. The van der Waals surface area contributed by atoms with Crippen molar-refractivity contribution in [3.8, 4) is 6.07 Å². The van der Waals surface area contributed by atoms with Crippen LogP contribution >= 0.6 is 0 Å². The van der Waals surface area contributed by atoms with Gasteiger partial charge in [-0.1, -0.05) is 32.0 Å². The van der Waals surface area contributed by atoms with Gasteiger partial charge in [0.25, 0.3) is 0 Å². The fourth-order valence-electron chi connectivity index (χ4n) is 1.84. The summed E-state index contributed by atoms with van der Waals surface area (Å²) in [6.45, 7) is 6.84. The third kappa shape index (κ3) is 4.38. The number of nitrogens with zero attached hydrogens (tertiary/aromatic N) is 1. The van der Waals surface area contributed by atoms with Gasteiger partial charge in [-0.25, -0.2) is 0 Å². The highest BCUT2D eigenvalue weighted by Gasteiger charge is 2.18. The van der Waals surface area contributed by atoms with Gasteiger partial charge >= 0.3 is 0 Å². The zero-order chi connectivity index (χ0) is 13.6. The summed E-state index contributed by atoms with van der Waals surface area (Å²) in [6.07, 6.45) is 0.969. The summed E-state index contributed by atoms with van der Waals surface area (Å²) < 4.78 is 0. The van der Waals surface area contributed by atoms with Crippen LogP contribution in [0.4, 0.5) is 5.69 Å². The Balaban J connectivity index is 2.66. The van der Waals surface area contributed by atoms with Gasteiger partial charge in [-0.3, -0.25) is 0 Å². The predicted octanol–water partition coefficient (Wildman–Crippen LogP) is 3.48. The first-order valence-electron chi connectivity index (χ1n) is 6.34. The summed E-state index contributed by atoms with van der Waals surface area (Å²) in [5.41, 5.74) is 1.95. The van der Waals surface area contributed by atoms with Crippen molar-refractivity contribution in [1.82, 2.24) is 0 Å². The number of hydrogen-bond acceptors (Lipinski definition) is 3. The van der Waals surface area contributed by atoms with Crippen LogP contribution < -0.4 is 5.32 Å². The molecular weight excluding hydrogens is 224 g/mol. The molecule has 0 fully saturated rings. The average Bonchev–Trinajstić information content (AvgIpc) is 2.34. The monoisotopic (exact) mass is 246 g/mol. The molecule has 3 nitrogen and oxygen atoms in total. The molecule has 1 atom stereocenters. The van der Waals surface area contributed by atoms with Gasteiger partial charge in [0.2, 0.25) is 0 Å². The van der Waals surface area contributed by atoms with Gasteiger partial charge < -0.3 is 10.4 Å². The predicted molar refractivity (Wildman–Crippen MR) is 74.2 cm³/mol. The van der Waals surface area contributed by atoms with Gasteiger partial charge in [0.1, 0.15) is 0 Å². The summed E-state index contributed by atoms with van der Waals surface area (Å²) in [7, 11) is 0. The summed E-state index contributed by atoms with van der Waals surface area (Å²) >= 11 is 0. The number of nitrogens with one attached hydrogen (secondary N) is 1. The van der Waals surface area contributed by atoms with Crippen LogP contribution in [0.1, 0.15) is 45.3 Å². The maximum Gasteiger partial charge on any atom is 0.0781 e. The van der Waals surface area contributed by atoms with Crippen molar-refractivity contribution in [2.45, 2.75) is 39.7 Å². The largest absolute Gasteiger partial charge is 0.389 e. The zero-order valence-electron chi connectivity index (χ0n) is 11.4. The van der Waals surface area contributed by atoms with Crippen molar-refractivity contribution in [2.24, 2.45) is 5.41 Å². The molecule has 98 valence electrons. The number of nitriles is 1. The van der Waals surface area contributed by atoms with E-state index in [1.165, 1.54) is 0 Å². The van der Waals surface area contributed by atoms with Crippen molar-refractivity contribution in [2.75, 3.05) is 11.9 Å². The van der Waals surface area contributed by atoms with Crippen LogP contribution in [0, 0.1) is 16.7 Å². The molecule has 0 radical (unpaired) electrons. The van der Waals surface area contributed by atoms with Crippen molar-refractivity contribution in [3.63, 3.8) is 0 Å². The lowest BCUT2D eigenvalue weighted by atomic mass is 9.88. The summed E-state index contributed by atoms with van der Waals surface area (Å²) in [6, 6.07) is 9.96. The second-order valence-electron chi connectivity index (χ2n) is 5.44. The van der Waals surface area contributed by atoms with E-state index in [4.69, 9.17) is 5.26 Å². The van der Waals surface area contributed by atoms with E-state index in [-0.39, 0.29) is 5.41 Å². The molecule has 0 aliphatic rings. The first-order valence-corrected chi connectivity index (χ1v) is 6.34. The highest BCUT2D eigenvalue weighted by molar-refractivity contribution is 5.52. The Labute approximate surface area is 109 Å². The van der Waals surface area contributed by atoms with Crippen molar-refractivity contribution >= 4 is 5.69 Å². The molecular formula is C15H22N2O. The summed E-state index contributed by atoms with van der Waals surface area (Å²) in [5, 5.41) is 21.7. The van der Waals surface area contributed by atoms with E-state index < -0.39 is 6.10 Å². The Bertz CT molecular complexity index is 419. The minimum Gasteiger partial charge on any atom is -0.389 e. The lowest BCUT2D eigenvalue weighted by molar-refractivity contribution is 0.200. The minimum absolute atomic E-state index is 0.0710. The SMILES string of the molecule is CC(O)c1ccccc1NCC(C)(C)CCC#N. The number of hydrogen-bond donors (Lipinski definition) is 2. The quantitative estimate of drug-likeness (QED) is 0.808. The minimum atomic E-state index is -0.476. The molecule has 3 heteroatoms. The van der Waals surface area contributed by atoms with Gasteiger partial charge in [0.15, 0.2) is 0 Å². The zero-order valence-corrected chi connectivity index (χ0v) is 11.4. The molecule has 0 bridgehead atoms. The first kappa shape index (κ1) is 14.5. The summed E-state index contributed by atoms with van der Waals surface area (Å²) in [4.78, 5) is 0. The maximum atomic E-state index is 9.69. The van der Waals surface area contributed by atoms with E-state index in [2.05, 4.69) is 25.2 Å². The van der Waals surface area contributed by atoms with Crippen molar-refractivity contribution < 1.29 is 5.11 Å². The molecule has 0 saturated carbocycles. The van der Waals surface area contributed by atoms with Gasteiger partial charge in [-0.05, 0) is 24.8 Å². The molecule has 0 spiro atoms. The van der Waals surface area contributed by atoms with E-state index in [1.807, 2.05) is 24.3 Å². The Kier molecular flexibility index (Phi) is 5.18. The van der Waals surface area contributed by atoms with E-state index >= 15 is 0 Å². The summed E-state index contributed by atoms with van der Waals surface area (Å²) in [5.74, 6) is 0. The molecule has 2 N–H and O–H groups in total. The Hall–Kier alpha value is -1.53. The van der Waals surface area contributed by atoms with E-state index in [1.54, 1.807) is 6.92 Å². The molecule has 1 unspecified atom stereocenters. The second-order valence-corrected chi connectivity index (χ2v) is 5.44. The highest BCUT2D eigenvalue weighted by atomic mass is 16.3. The molecule has 0 aliphatic carbocycles. The van der Waals surface area contributed by atoms with Crippen molar-refractivity contribution in [1.29, 1.82) is 5.26 Å². The Morgan fingerprint density at radius 2 is 2.06 bits per heavy atom. The molecule has 0 amide bonds. The van der Waals surface area contributed by atoms with Gasteiger partial charge in [0.05, 0.1) is 12.2 Å². The van der Waals surface area contributed by atoms with Crippen LogP contribution in [0.2, 0.25) is 0 Å². The molecule has 1 rings (SSSR count). The topological polar surface area (TPSA) is 56.0 Å². The molecule has 1 aromatic rings. The van der Waals surface area contributed by atoms with Crippen LogP contribution in [0.5, 0.6) is 0 Å². The molecule has 0 aliphatic heterocycles. The Morgan fingerprint density at radius 1 is 1.39 bits per heavy atom. The number of rotatable bonds is 6. The van der Waals surface area contributed by atoms with Crippen LogP contribution in [-0.2, 0) is 0 Å². The van der Waals surface area contributed by atoms with Gasteiger partial charge in [-0.2, -0.15) is 5.26 Å². The fourth-order valence-corrected chi connectivity index (χ4v) is 1.84. The van der Waals surface area contributed by atoms with E-state index in [9.17, 15) is 5.11 Å².